The summed E-state index contributed by atoms with van der Waals surface area (Å²) in [6.45, 7) is 8.50. The molecule has 0 bridgehead atoms. The molecule has 1 aliphatic rings. The lowest BCUT2D eigenvalue weighted by molar-refractivity contribution is 0.0252. The van der Waals surface area contributed by atoms with Crippen molar-refractivity contribution < 1.29 is 18.7 Å². The third kappa shape index (κ3) is 4.50. The van der Waals surface area contributed by atoms with Crippen molar-refractivity contribution in [2.24, 2.45) is 0 Å². The summed E-state index contributed by atoms with van der Waals surface area (Å²) in [6, 6.07) is 1.75. The third-order valence-electron chi connectivity index (χ3n) is 3.81. The predicted octanol–water partition coefficient (Wildman–Crippen LogP) is 3.06. The molecule has 2 heterocycles. The van der Waals surface area contributed by atoms with E-state index in [0.717, 1.165) is 18.6 Å². The van der Waals surface area contributed by atoms with Gasteiger partial charge in [-0.25, -0.2) is 4.79 Å². The van der Waals surface area contributed by atoms with Crippen LogP contribution in [0.4, 0.5) is 4.79 Å². The van der Waals surface area contributed by atoms with Crippen LogP contribution in [0.15, 0.2) is 16.7 Å². The first-order valence-corrected chi connectivity index (χ1v) is 7.97. The molecular weight excluding hydrogens is 296 g/mol. The van der Waals surface area contributed by atoms with Crippen molar-refractivity contribution in [3.05, 3.63) is 23.7 Å². The molecule has 1 fully saturated rings. The lowest BCUT2D eigenvalue weighted by Gasteiger charge is -2.30. The summed E-state index contributed by atoms with van der Waals surface area (Å²) in [7, 11) is 1.71. The SMILES string of the molecule is Cc1cc(C(=O)N2CCCC2CN(C)C(=O)OC(C)(C)C)co1. The number of hydrogen-bond acceptors (Lipinski definition) is 4. The Kier molecular flexibility index (Phi) is 5.02. The van der Waals surface area contributed by atoms with E-state index in [1.165, 1.54) is 6.26 Å². The minimum atomic E-state index is -0.523. The van der Waals surface area contributed by atoms with Crippen LogP contribution in [0.5, 0.6) is 0 Å². The number of aryl methyl sites for hydroxylation is 1. The quantitative estimate of drug-likeness (QED) is 0.858. The van der Waals surface area contributed by atoms with Gasteiger partial charge in [0.15, 0.2) is 0 Å². The van der Waals surface area contributed by atoms with E-state index in [1.807, 2.05) is 32.6 Å². The number of rotatable bonds is 3. The number of likely N-dealkylation sites (N-methyl/N-ethyl adjacent to an activating group) is 1. The highest BCUT2D eigenvalue weighted by atomic mass is 16.6. The van der Waals surface area contributed by atoms with Crippen LogP contribution in [0.3, 0.4) is 0 Å². The van der Waals surface area contributed by atoms with Gasteiger partial charge < -0.3 is 19.0 Å². The molecule has 6 heteroatoms. The average molecular weight is 322 g/mol. The maximum Gasteiger partial charge on any atom is 0.410 e. The smallest absolute Gasteiger partial charge is 0.410 e. The molecule has 0 radical (unpaired) electrons. The fraction of sp³-hybridized carbons (Fsp3) is 0.647. The standard InChI is InChI=1S/C17H26N2O4/c1-12-9-13(11-22-12)15(20)19-8-6-7-14(19)10-18(5)16(21)23-17(2,3)4/h9,11,14H,6-8,10H2,1-5H3. The van der Waals surface area contributed by atoms with Crippen molar-refractivity contribution in [1.29, 1.82) is 0 Å². The number of carbonyl (C=O) groups is 2. The summed E-state index contributed by atoms with van der Waals surface area (Å²) >= 11 is 0. The maximum atomic E-state index is 12.6. The molecule has 1 atom stereocenters. The lowest BCUT2D eigenvalue weighted by atomic mass is 10.2. The molecule has 0 N–H and O–H groups in total. The Hall–Kier alpha value is -1.98. The van der Waals surface area contributed by atoms with Crippen molar-refractivity contribution in [2.75, 3.05) is 20.1 Å². The highest BCUT2D eigenvalue weighted by molar-refractivity contribution is 5.94. The Balaban J connectivity index is 1.99. The van der Waals surface area contributed by atoms with Crippen molar-refractivity contribution in [2.45, 2.75) is 52.2 Å². The van der Waals surface area contributed by atoms with Crippen LogP contribution in [0.1, 0.15) is 49.7 Å². The van der Waals surface area contributed by atoms with Crippen LogP contribution in [-0.4, -0.2) is 53.6 Å². The van der Waals surface area contributed by atoms with Crippen molar-refractivity contribution in [3.8, 4) is 0 Å². The number of ether oxygens (including phenoxy) is 1. The monoisotopic (exact) mass is 322 g/mol. The number of likely N-dealkylation sites (tertiary alicyclic amines) is 1. The molecule has 1 aromatic heterocycles. The number of nitrogens with zero attached hydrogens (tertiary/aromatic N) is 2. The summed E-state index contributed by atoms with van der Waals surface area (Å²) in [5.74, 6) is 0.678. The highest BCUT2D eigenvalue weighted by Crippen LogP contribution is 2.22. The number of carbonyl (C=O) groups excluding carboxylic acids is 2. The Labute approximate surface area is 137 Å². The van der Waals surface area contributed by atoms with Crippen LogP contribution in [0.2, 0.25) is 0 Å². The van der Waals surface area contributed by atoms with E-state index in [9.17, 15) is 9.59 Å². The molecule has 2 amide bonds. The molecule has 2 rings (SSSR count). The minimum Gasteiger partial charge on any atom is -0.469 e. The molecule has 6 nitrogen and oxygen atoms in total. The van der Waals surface area contributed by atoms with E-state index < -0.39 is 5.60 Å². The van der Waals surface area contributed by atoms with Crippen molar-refractivity contribution in [3.63, 3.8) is 0 Å². The Morgan fingerprint density at radius 1 is 1.43 bits per heavy atom. The number of furan rings is 1. The van der Waals surface area contributed by atoms with Crippen molar-refractivity contribution in [1.82, 2.24) is 9.80 Å². The van der Waals surface area contributed by atoms with Gasteiger partial charge in [0.2, 0.25) is 0 Å². The molecule has 1 aliphatic heterocycles. The van der Waals surface area contributed by atoms with Crippen LogP contribution in [-0.2, 0) is 4.74 Å². The summed E-state index contributed by atoms with van der Waals surface area (Å²) in [6.07, 6.45) is 2.95. The van der Waals surface area contributed by atoms with Crippen LogP contribution < -0.4 is 0 Å². The molecular formula is C17H26N2O4. The minimum absolute atomic E-state index is 0.00947. The molecule has 0 aliphatic carbocycles. The predicted molar refractivity (Wildman–Crippen MR) is 86.4 cm³/mol. The van der Waals surface area contributed by atoms with E-state index in [4.69, 9.17) is 9.15 Å². The maximum absolute atomic E-state index is 12.6. The second kappa shape index (κ2) is 6.64. The number of amides is 2. The van der Waals surface area contributed by atoms with Crippen molar-refractivity contribution >= 4 is 12.0 Å². The first-order valence-electron chi connectivity index (χ1n) is 7.97. The zero-order valence-corrected chi connectivity index (χ0v) is 14.6. The molecule has 1 aromatic rings. The largest absolute Gasteiger partial charge is 0.469 e. The molecule has 0 saturated carbocycles. The summed E-state index contributed by atoms with van der Waals surface area (Å²) in [4.78, 5) is 28.0. The van der Waals surface area contributed by atoms with E-state index in [-0.39, 0.29) is 18.0 Å². The van der Waals surface area contributed by atoms with Crippen LogP contribution in [0, 0.1) is 6.92 Å². The molecule has 23 heavy (non-hydrogen) atoms. The average Bonchev–Trinajstić information content (AvgIpc) is 3.05. The van der Waals surface area contributed by atoms with Gasteiger partial charge in [-0.15, -0.1) is 0 Å². The topological polar surface area (TPSA) is 63.0 Å². The van der Waals surface area contributed by atoms with Gasteiger partial charge in [0.1, 0.15) is 17.6 Å². The first-order chi connectivity index (χ1) is 10.7. The van der Waals surface area contributed by atoms with E-state index in [1.54, 1.807) is 18.0 Å². The first kappa shape index (κ1) is 17.4. The number of hydrogen-bond donors (Lipinski definition) is 0. The van der Waals surface area contributed by atoms with Gasteiger partial charge in [0.05, 0.1) is 5.56 Å². The Bertz CT molecular complexity index is 573. The van der Waals surface area contributed by atoms with Gasteiger partial charge in [-0.2, -0.15) is 0 Å². The van der Waals surface area contributed by atoms with Crippen LogP contribution >= 0.6 is 0 Å². The fourth-order valence-corrected chi connectivity index (χ4v) is 2.74. The summed E-state index contributed by atoms with van der Waals surface area (Å²) in [5.41, 5.74) is 0.0412. The highest BCUT2D eigenvalue weighted by Gasteiger charge is 2.32. The second-order valence-corrected chi connectivity index (χ2v) is 7.10. The normalized spacial score (nSPS) is 18.1. The van der Waals surface area contributed by atoms with Gasteiger partial charge in [-0.3, -0.25) is 4.79 Å². The van der Waals surface area contributed by atoms with Gasteiger partial charge in [0.25, 0.3) is 5.91 Å². The van der Waals surface area contributed by atoms with Gasteiger partial charge in [0, 0.05) is 26.2 Å². The van der Waals surface area contributed by atoms with E-state index in [2.05, 4.69) is 0 Å². The van der Waals surface area contributed by atoms with Gasteiger partial charge >= 0.3 is 6.09 Å². The summed E-state index contributed by atoms with van der Waals surface area (Å²) in [5, 5.41) is 0. The van der Waals surface area contributed by atoms with E-state index in [0.29, 0.717) is 18.7 Å². The lowest BCUT2D eigenvalue weighted by Crippen LogP contribution is -2.45. The summed E-state index contributed by atoms with van der Waals surface area (Å²) < 4.78 is 10.6. The Morgan fingerprint density at radius 3 is 2.70 bits per heavy atom. The molecule has 128 valence electrons. The van der Waals surface area contributed by atoms with Crippen LogP contribution in [0.25, 0.3) is 0 Å². The van der Waals surface area contributed by atoms with Gasteiger partial charge in [-0.1, -0.05) is 0 Å². The molecule has 1 saturated heterocycles. The van der Waals surface area contributed by atoms with E-state index >= 15 is 0 Å². The zero-order valence-electron chi connectivity index (χ0n) is 14.6. The Morgan fingerprint density at radius 2 is 2.13 bits per heavy atom. The fourth-order valence-electron chi connectivity index (χ4n) is 2.74. The second-order valence-electron chi connectivity index (χ2n) is 7.10. The third-order valence-corrected chi connectivity index (χ3v) is 3.81. The van der Waals surface area contributed by atoms with Gasteiger partial charge in [-0.05, 0) is 46.6 Å². The molecule has 0 spiro atoms. The zero-order chi connectivity index (χ0) is 17.2. The molecule has 1 unspecified atom stereocenters. The molecule has 0 aromatic carbocycles.